The molecule has 0 aliphatic carbocycles. The van der Waals surface area contributed by atoms with Gasteiger partial charge in [-0.05, 0) is 31.7 Å². The molecule has 0 saturated heterocycles. The highest BCUT2D eigenvalue weighted by Gasteiger charge is 2.06. The molecule has 0 N–H and O–H groups in total. The lowest BCUT2D eigenvalue weighted by Gasteiger charge is -2.13. The largest absolute Gasteiger partial charge is 0.0654 e. The first-order valence-electron chi connectivity index (χ1n) is 8.71. The van der Waals surface area contributed by atoms with E-state index < -0.39 is 0 Å². The van der Waals surface area contributed by atoms with Gasteiger partial charge in [-0.1, -0.05) is 94.5 Å². The van der Waals surface area contributed by atoms with Gasteiger partial charge in [-0.2, -0.15) is 0 Å². The molecule has 0 heteroatoms. The lowest BCUT2D eigenvalue weighted by atomic mass is 9.92. The second-order valence-corrected chi connectivity index (χ2v) is 6.59. The van der Waals surface area contributed by atoms with Crippen molar-refractivity contribution in [3.8, 4) is 0 Å². The zero-order chi connectivity index (χ0) is 14.8. The summed E-state index contributed by atoms with van der Waals surface area (Å²) in [5.74, 6) is 0.716. The zero-order valence-electron chi connectivity index (χ0n) is 14.2. The van der Waals surface area contributed by atoms with Gasteiger partial charge in [0, 0.05) is 0 Å². The van der Waals surface area contributed by atoms with E-state index in [9.17, 15) is 0 Å². The van der Waals surface area contributed by atoms with Crippen molar-refractivity contribution in [2.45, 2.75) is 91.4 Å². The minimum absolute atomic E-state index is 0.716. The van der Waals surface area contributed by atoms with Crippen LogP contribution in [0.4, 0.5) is 0 Å². The Hall–Kier alpha value is -0.780. The molecule has 0 aliphatic rings. The van der Waals surface area contributed by atoms with E-state index in [-0.39, 0.29) is 0 Å². The number of rotatable bonds is 10. The smallest absolute Gasteiger partial charge is 0.0190 e. The summed E-state index contributed by atoms with van der Waals surface area (Å²) in [6.07, 6.45) is 12.7. The predicted molar refractivity (Wildman–Crippen MR) is 91.6 cm³/mol. The van der Waals surface area contributed by atoms with Crippen LogP contribution in [0.2, 0.25) is 0 Å². The third-order valence-electron chi connectivity index (χ3n) is 4.30. The molecule has 0 amide bonds. The average molecular weight is 274 g/mol. The van der Waals surface area contributed by atoms with Crippen molar-refractivity contribution in [1.29, 1.82) is 0 Å². The summed E-state index contributed by atoms with van der Waals surface area (Å²) in [7, 11) is 0. The van der Waals surface area contributed by atoms with Gasteiger partial charge in [-0.25, -0.2) is 0 Å². The predicted octanol–water partition coefficient (Wildman–Crippen LogP) is 6.94. The summed E-state index contributed by atoms with van der Waals surface area (Å²) >= 11 is 0. The molecule has 1 aromatic carbocycles. The fraction of sp³-hybridized carbons (Fsp3) is 0.700. The van der Waals surface area contributed by atoms with E-state index in [0.717, 1.165) is 0 Å². The Morgan fingerprint density at radius 2 is 1.25 bits per heavy atom. The van der Waals surface area contributed by atoms with Crippen molar-refractivity contribution in [3.05, 3.63) is 34.9 Å². The van der Waals surface area contributed by atoms with Crippen LogP contribution in [0.5, 0.6) is 0 Å². The van der Waals surface area contributed by atoms with Gasteiger partial charge in [-0.15, -0.1) is 0 Å². The van der Waals surface area contributed by atoms with E-state index >= 15 is 0 Å². The Morgan fingerprint density at radius 1 is 0.750 bits per heavy atom. The molecule has 0 radical (unpaired) electrons. The van der Waals surface area contributed by atoms with Gasteiger partial charge in [0.2, 0.25) is 0 Å². The SMILES string of the molecule is CCCCCCCCCCC(C)c1cc(C)cc(C)c1. The number of hydrogen-bond acceptors (Lipinski definition) is 0. The molecule has 0 saturated carbocycles. The molecule has 0 bridgehead atoms. The summed E-state index contributed by atoms with van der Waals surface area (Å²) in [5, 5.41) is 0. The van der Waals surface area contributed by atoms with Crippen molar-refractivity contribution in [1.82, 2.24) is 0 Å². The first-order chi connectivity index (χ1) is 9.63. The maximum Gasteiger partial charge on any atom is -0.0190 e. The summed E-state index contributed by atoms with van der Waals surface area (Å²) in [5.41, 5.74) is 4.34. The maximum atomic E-state index is 2.38. The topological polar surface area (TPSA) is 0 Å². The van der Waals surface area contributed by atoms with Gasteiger partial charge in [0.15, 0.2) is 0 Å². The third kappa shape index (κ3) is 7.12. The van der Waals surface area contributed by atoms with E-state index in [1.165, 1.54) is 74.5 Å². The number of aryl methyl sites for hydroxylation is 2. The second-order valence-electron chi connectivity index (χ2n) is 6.59. The van der Waals surface area contributed by atoms with E-state index in [1.807, 2.05) is 0 Å². The Morgan fingerprint density at radius 3 is 1.80 bits per heavy atom. The monoisotopic (exact) mass is 274 g/mol. The summed E-state index contributed by atoms with van der Waals surface area (Å²) in [6.45, 7) is 9.09. The quantitative estimate of drug-likeness (QED) is 0.405. The maximum absolute atomic E-state index is 2.38. The van der Waals surface area contributed by atoms with Crippen LogP contribution in [0, 0.1) is 13.8 Å². The van der Waals surface area contributed by atoms with E-state index in [0.29, 0.717) is 5.92 Å². The molecule has 0 nitrogen and oxygen atoms in total. The Bertz CT molecular complexity index is 344. The van der Waals surface area contributed by atoms with E-state index in [1.54, 1.807) is 0 Å². The second kappa shape index (κ2) is 10.0. The number of unbranched alkanes of at least 4 members (excludes halogenated alkanes) is 7. The highest BCUT2D eigenvalue weighted by Crippen LogP contribution is 2.24. The molecular weight excluding hydrogens is 240 g/mol. The molecule has 0 spiro atoms. The van der Waals surface area contributed by atoms with Crippen molar-refractivity contribution in [3.63, 3.8) is 0 Å². The molecule has 1 unspecified atom stereocenters. The van der Waals surface area contributed by atoms with Crippen molar-refractivity contribution in [2.75, 3.05) is 0 Å². The minimum Gasteiger partial charge on any atom is -0.0654 e. The first kappa shape index (κ1) is 17.3. The fourth-order valence-electron chi connectivity index (χ4n) is 3.05. The fourth-order valence-corrected chi connectivity index (χ4v) is 3.05. The lowest BCUT2D eigenvalue weighted by molar-refractivity contribution is 0.543. The highest BCUT2D eigenvalue weighted by molar-refractivity contribution is 5.30. The summed E-state index contributed by atoms with van der Waals surface area (Å²) in [4.78, 5) is 0. The minimum atomic E-state index is 0.716. The molecule has 1 rings (SSSR count). The van der Waals surface area contributed by atoms with Gasteiger partial charge in [0.1, 0.15) is 0 Å². The summed E-state index contributed by atoms with van der Waals surface area (Å²) in [6, 6.07) is 7.00. The van der Waals surface area contributed by atoms with Gasteiger partial charge in [-0.3, -0.25) is 0 Å². The molecule has 20 heavy (non-hydrogen) atoms. The average Bonchev–Trinajstić information content (AvgIpc) is 2.40. The normalized spacial score (nSPS) is 12.6. The molecule has 0 aromatic heterocycles. The van der Waals surface area contributed by atoms with Crippen LogP contribution in [0.15, 0.2) is 18.2 Å². The van der Waals surface area contributed by atoms with Crippen LogP contribution in [-0.4, -0.2) is 0 Å². The van der Waals surface area contributed by atoms with Crippen molar-refractivity contribution in [2.24, 2.45) is 0 Å². The van der Waals surface area contributed by atoms with Gasteiger partial charge >= 0.3 is 0 Å². The van der Waals surface area contributed by atoms with Crippen molar-refractivity contribution < 1.29 is 0 Å². The molecule has 1 atom stereocenters. The number of benzene rings is 1. The third-order valence-corrected chi connectivity index (χ3v) is 4.30. The first-order valence-corrected chi connectivity index (χ1v) is 8.71. The zero-order valence-corrected chi connectivity index (χ0v) is 14.2. The summed E-state index contributed by atoms with van der Waals surface area (Å²) < 4.78 is 0. The van der Waals surface area contributed by atoms with Gasteiger partial charge in [0.25, 0.3) is 0 Å². The molecule has 0 fully saturated rings. The van der Waals surface area contributed by atoms with Crippen LogP contribution in [-0.2, 0) is 0 Å². The standard InChI is InChI=1S/C20H34/c1-5-6-7-8-9-10-11-12-13-19(4)20-15-17(2)14-18(3)16-20/h14-16,19H,5-13H2,1-4H3. The number of hydrogen-bond donors (Lipinski definition) is 0. The Kier molecular flexibility index (Phi) is 8.65. The van der Waals surface area contributed by atoms with Gasteiger partial charge < -0.3 is 0 Å². The molecule has 1 aromatic rings. The van der Waals surface area contributed by atoms with E-state index in [2.05, 4.69) is 45.9 Å². The van der Waals surface area contributed by atoms with Crippen LogP contribution in [0.3, 0.4) is 0 Å². The Labute approximate surface area is 127 Å². The lowest BCUT2D eigenvalue weighted by Crippen LogP contribution is -1.95. The molecule has 0 aliphatic heterocycles. The Balaban J connectivity index is 2.15. The molecule has 114 valence electrons. The van der Waals surface area contributed by atoms with Crippen LogP contribution in [0.25, 0.3) is 0 Å². The van der Waals surface area contributed by atoms with Gasteiger partial charge in [0.05, 0.1) is 0 Å². The van der Waals surface area contributed by atoms with E-state index in [4.69, 9.17) is 0 Å². The highest BCUT2D eigenvalue weighted by atomic mass is 14.1. The molecular formula is C20H34. The van der Waals surface area contributed by atoms with Crippen molar-refractivity contribution >= 4 is 0 Å². The van der Waals surface area contributed by atoms with Crippen LogP contribution in [0.1, 0.15) is 94.2 Å². The van der Waals surface area contributed by atoms with Crippen LogP contribution >= 0.6 is 0 Å². The van der Waals surface area contributed by atoms with Crippen LogP contribution < -0.4 is 0 Å². The molecule has 0 heterocycles.